The molecule has 200 valence electrons. The van der Waals surface area contributed by atoms with Crippen LogP contribution in [0.25, 0.3) is 22.2 Å². The number of hydrogen-bond acceptors (Lipinski definition) is 6. The van der Waals surface area contributed by atoms with Crippen molar-refractivity contribution in [2.45, 2.75) is 13.0 Å². The molecule has 0 saturated carbocycles. The van der Waals surface area contributed by atoms with Crippen molar-refractivity contribution in [3.05, 3.63) is 120 Å². The number of fused-ring (bicyclic) bond motifs is 1. The van der Waals surface area contributed by atoms with Gasteiger partial charge in [0.05, 0.1) is 36.2 Å². The first-order valence-electron chi connectivity index (χ1n) is 12.9. The minimum Gasteiger partial charge on any atom is -0.497 e. The summed E-state index contributed by atoms with van der Waals surface area (Å²) >= 11 is 0. The second-order valence-corrected chi connectivity index (χ2v) is 8.92. The minimum absolute atomic E-state index is 0.305. The van der Waals surface area contributed by atoms with E-state index in [9.17, 15) is 9.59 Å². The van der Waals surface area contributed by atoms with Gasteiger partial charge in [0.2, 0.25) is 6.10 Å². The van der Waals surface area contributed by atoms with E-state index < -0.39 is 18.0 Å². The van der Waals surface area contributed by atoms with Crippen molar-refractivity contribution in [1.29, 1.82) is 0 Å². The molecule has 5 rings (SSSR count). The molecule has 0 bridgehead atoms. The fourth-order valence-electron chi connectivity index (χ4n) is 4.37. The van der Waals surface area contributed by atoms with Crippen molar-refractivity contribution in [2.75, 3.05) is 19.0 Å². The summed E-state index contributed by atoms with van der Waals surface area (Å²) in [6.07, 6.45) is -1.21. The second-order valence-electron chi connectivity index (χ2n) is 8.92. The van der Waals surface area contributed by atoms with Gasteiger partial charge in [0.25, 0.3) is 5.91 Å². The number of rotatable bonds is 9. The monoisotopic (exact) mass is 532 g/mol. The van der Waals surface area contributed by atoms with Crippen molar-refractivity contribution >= 4 is 28.5 Å². The average Bonchev–Trinajstić information content (AvgIpc) is 3.00. The van der Waals surface area contributed by atoms with Crippen molar-refractivity contribution in [3.8, 4) is 22.8 Å². The lowest BCUT2D eigenvalue weighted by molar-refractivity contribution is -0.125. The number of aromatic nitrogens is 1. The van der Waals surface area contributed by atoms with Crippen LogP contribution >= 0.6 is 0 Å². The Labute approximate surface area is 232 Å². The number of carbonyl (C=O) groups is 2. The van der Waals surface area contributed by atoms with Gasteiger partial charge in [0.1, 0.15) is 11.5 Å². The topological polar surface area (TPSA) is 86.8 Å². The summed E-state index contributed by atoms with van der Waals surface area (Å²) in [6.45, 7) is 2.31. The van der Waals surface area contributed by atoms with Gasteiger partial charge < -0.3 is 19.5 Å². The van der Waals surface area contributed by atoms with Gasteiger partial charge in [0.15, 0.2) is 0 Å². The van der Waals surface area contributed by atoms with Gasteiger partial charge in [-0.1, -0.05) is 60.7 Å². The van der Waals surface area contributed by atoms with E-state index in [1.807, 2.05) is 67.6 Å². The molecule has 4 aromatic carbocycles. The number of para-hydroxylation sites is 3. The quantitative estimate of drug-likeness (QED) is 0.209. The second kappa shape index (κ2) is 12.1. The molecule has 0 fully saturated rings. The zero-order valence-corrected chi connectivity index (χ0v) is 22.2. The largest absolute Gasteiger partial charge is 0.497 e. The molecule has 0 aliphatic carbocycles. The minimum atomic E-state index is -1.21. The first kappa shape index (κ1) is 26.4. The molecule has 1 atom stereocenters. The molecule has 0 aliphatic heterocycles. The molecular weight excluding hydrogens is 504 g/mol. The molecule has 1 heterocycles. The first-order chi connectivity index (χ1) is 19.6. The summed E-state index contributed by atoms with van der Waals surface area (Å²) in [7, 11) is 1.60. The molecule has 0 radical (unpaired) electrons. The number of carbonyl (C=O) groups excluding carboxylic acids is 2. The van der Waals surface area contributed by atoms with E-state index in [1.54, 1.807) is 55.6 Å². The van der Waals surface area contributed by atoms with Gasteiger partial charge in [-0.2, -0.15) is 0 Å². The number of ether oxygens (including phenoxy) is 3. The van der Waals surface area contributed by atoms with Crippen LogP contribution in [-0.4, -0.2) is 30.6 Å². The van der Waals surface area contributed by atoms with E-state index in [2.05, 4.69) is 5.32 Å². The molecule has 7 heteroatoms. The number of anilines is 1. The van der Waals surface area contributed by atoms with E-state index in [0.29, 0.717) is 51.5 Å². The van der Waals surface area contributed by atoms with Crippen LogP contribution < -0.4 is 14.8 Å². The molecule has 1 aromatic heterocycles. The highest BCUT2D eigenvalue weighted by molar-refractivity contribution is 6.06. The standard InChI is InChI=1S/C33H28N2O5/c1-3-39-30-16-10-9-15-28(30)35-32(36)31(23-11-5-4-6-12-23)40-33(37)26-21-29(22-17-19-24(38-2)20-18-22)34-27-14-8-7-13-25(26)27/h4-21,31H,3H2,1-2H3,(H,35,36)/t31-/m1/s1. The van der Waals surface area contributed by atoms with Crippen LogP contribution in [0.1, 0.15) is 28.9 Å². The zero-order valence-electron chi connectivity index (χ0n) is 22.2. The Kier molecular flexibility index (Phi) is 8.02. The lowest BCUT2D eigenvalue weighted by Gasteiger charge is -2.20. The third-order valence-corrected chi connectivity index (χ3v) is 6.33. The lowest BCUT2D eigenvalue weighted by atomic mass is 10.0. The van der Waals surface area contributed by atoms with E-state index in [-0.39, 0.29) is 0 Å². The average molecular weight is 533 g/mol. The van der Waals surface area contributed by atoms with Crippen LogP contribution in [0.3, 0.4) is 0 Å². The number of methoxy groups -OCH3 is 1. The highest BCUT2D eigenvalue weighted by Gasteiger charge is 2.28. The zero-order chi connectivity index (χ0) is 27.9. The number of hydrogen-bond donors (Lipinski definition) is 1. The van der Waals surface area contributed by atoms with E-state index >= 15 is 0 Å². The van der Waals surface area contributed by atoms with Crippen LogP contribution in [0.15, 0.2) is 109 Å². The summed E-state index contributed by atoms with van der Waals surface area (Å²) in [5.74, 6) is 0.100. The lowest BCUT2D eigenvalue weighted by Crippen LogP contribution is -2.26. The highest BCUT2D eigenvalue weighted by atomic mass is 16.5. The number of pyridine rings is 1. The maximum absolute atomic E-state index is 13.8. The van der Waals surface area contributed by atoms with Gasteiger partial charge in [-0.3, -0.25) is 4.79 Å². The molecule has 1 N–H and O–H groups in total. The Bertz CT molecular complexity index is 1630. The number of nitrogens with zero attached hydrogens (tertiary/aromatic N) is 1. The fraction of sp³-hybridized carbons (Fsp3) is 0.121. The molecule has 40 heavy (non-hydrogen) atoms. The number of benzene rings is 4. The van der Waals surface area contributed by atoms with Crippen LogP contribution in [0, 0.1) is 0 Å². The molecule has 7 nitrogen and oxygen atoms in total. The van der Waals surface area contributed by atoms with E-state index in [0.717, 1.165) is 5.56 Å². The molecule has 5 aromatic rings. The van der Waals surface area contributed by atoms with Crippen LogP contribution in [0.4, 0.5) is 5.69 Å². The highest BCUT2D eigenvalue weighted by Crippen LogP contribution is 2.30. The normalized spacial score (nSPS) is 11.4. The van der Waals surface area contributed by atoms with Gasteiger partial charge in [-0.15, -0.1) is 0 Å². The Morgan fingerprint density at radius 3 is 2.30 bits per heavy atom. The Morgan fingerprint density at radius 2 is 1.55 bits per heavy atom. The summed E-state index contributed by atoms with van der Waals surface area (Å²) in [4.78, 5) is 32.1. The van der Waals surface area contributed by atoms with Gasteiger partial charge in [-0.05, 0) is 55.5 Å². The Hall–Kier alpha value is -5.17. The summed E-state index contributed by atoms with van der Waals surface area (Å²) < 4.78 is 16.9. The van der Waals surface area contributed by atoms with Crippen molar-refractivity contribution in [2.24, 2.45) is 0 Å². The number of nitrogens with one attached hydrogen (secondary N) is 1. The molecule has 1 amide bonds. The third-order valence-electron chi connectivity index (χ3n) is 6.33. The maximum Gasteiger partial charge on any atom is 0.340 e. The van der Waals surface area contributed by atoms with Gasteiger partial charge in [-0.25, -0.2) is 9.78 Å². The molecular formula is C33H28N2O5. The van der Waals surface area contributed by atoms with Crippen molar-refractivity contribution in [1.82, 2.24) is 4.98 Å². The molecule has 0 aliphatic rings. The predicted octanol–water partition coefficient (Wildman–Crippen LogP) is 6.85. The Balaban J connectivity index is 1.51. The first-order valence-corrected chi connectivity index (χ1v) is 12.9. The molecule has 0 unspecified atom stereocenters. The number of amides is 1. The van der Waals surface area contributed by atoms with E-state index in [1.165, 1.54) is 0 Å². The summed E-state index contributed by atoms with van der Waals surface area (Å²) in [5.41, 5.74) is 3.37. The number of esters is 1. The SMILES string of the molecule is CCOc1ccccc1NC(=O)[C@H](OC(=O)c1cc(-c2ccc(OC)cc2)nc2ccccc12)c1ccccc1. The maximum atomic E-state index is 13.8. The van der Waals surface area contributed by atoms with Gasteiger partial charge >= 0.3 is 5.97 Å². The van der Waals surface area contributed by atoms with E-state index in [4.69, 9.17) is 19.2 Å². The summed E-state index contributed by atoms with van der Waals surface area (Å²) in [5, 5.41) is 3.49. The molecule has 0 saturated heterocycles. The van der Waals surface area contributed by atoms with Crippen molar-refractivity contribution < 1.29 is 23.8 Å². The van der Waals surface area contributed by atoms with Crippen molar-refractivity contribution in [3.63, 3.8) is 0 Å². The van der Waals surface area contributed by atoms with Crippen LogP contribution in [0.2, 0.25) is 0 Å². The predicted molar refractivity (Wildman–Crippen MR) is 155 cm³/mol. The molecule has 0 spiro atoms. The third kappa shape index (κ3) is 5.78. The smallest absolute Gasteiger partial charge is 0.340 e. The fourth-order valence-corrected chi connectivity index (χ4v) is 4.37. The van der Waals surface area contributed by atoms with Crippen LogP contribution in [-0.2, 0) is 9.53 Å². The summed E-state index contributed by atoms with van der Waals surface area (Å²) in [6, 6.07) is 32.5. The van der Waals surface area contributed by atoms with Gasteiger partial charge in [0, 0.05) is 16.5 Å². The Morgan fingerprint density at radius 1 is 0.850 bits per heavy atom. The van der Waals surface area contributed by atoms with Crippen LogP contribution in [0.5, 0.6) is 11.5 Å².